The van der Waals surface area contributed by atoms with Gasteiger partial charge >= 0.3 is 0 Å². The molecule has 0 spiro atoms. The average molecular weight is 274 g/mol. The van der Waals surface area contributed by atoms with E-state index in [1.54, 1.807) is 0 Å². The molecular formula is C14H12ClN3O. The molecule has 0 atom stereocenters. The summed E-state index contributed by atoms with van der Waals surface area (Å²) in [5, 5.41) is 0.681. The molecule has 1 aromatic carbocycles. The van der Waals surface area contributed by atoms with Crippen LogP contribution >= 0.6 is 11.6 Å². The highest BCUT2D eigenvalue weighted by molar-refractivity contribution is 6.30. The van der Waals surface area contributed by atoms with Crippen LogP contribution in [0.4, 0.5) is 0 Å². The molecule has 0 aliphatic rings. The van der Waals surface area contributed by atoms with E-state index in [-0.39, 0.29) is 0 Å². The van der Waals surface area contributed by atoms with Gasteiger partial charge in [0.1, 0.15) is 5.82 Å². The number of hydrogen-bond donors (Lipinski definition) is 1. The van der Waals surface area contributed by atoms with Crippen LogP contribution in [0.1, 0.15) is 6.92 Å². The largest absolute Gasteiger partial charge is 0.478 e. The average Bonchev–Trinajstić information content (AvgIpc) is 2.82. The molecule has 0 radical (unpaired) electrons. The minimum Gasteiger partial charge on any atom is -0.478 e. The second-order valence-corrected chi connectivity index (χ2v) is 4.49. The number of nitrogens with zero attached hydrogens (tertiary/aromatic N) is 2. The number of pyridine rings is 1. The maximum absolute atomic E-state index is 5.98. The number of nitrogens with one attached hydrogen (secondary N) is 1. The highest BCUT2D eigenvalue weighted by Crippen LogP contribution is 2.23. The van der Waals surface area contributed by atoms with Crippen molar-refractivity contribution in [1.29, 1.82) is 0 Å². The van der Waals surface area contributed by atoms with Gasteiger partial charge in [0.25, 0.3) is 0 Å². The molecule has 2 aromatic heterocycles. The van der Waals surface area contributed by atoms with Crippen LogP contribution in [0.25, 0.3) is 22.6 Å². The van der Waals surface area contributed by atoms with Crippen LogP contribution in [-0.2, 0) is 0 Å². The lowest BCUT2D eigenvalue weighted by atomic mass is 10.2. The number of H-pyrrole nitrogens is 1. The van der Waals surface area contributed by atoms with Crippen molar-refractivity contribution in [3.05, 3.63) is 41.4 Å². The molecule has 3 rings (SSSR count). The summed E-state index contributed by atoms with van der Waals surface area (Å²) in [5.74, 6) is 1.33. The van der Waals surface area contributed by atoms with Gasteiger partial charge in [-0.15, -0.1) is 0 Å². The van der Waals surface area contributed by atoms with Crippen molar-refractivity contribution in [3.63, 3.8) is 0 Å². The van der Waals surface area contributed by atoms with Crippen molar-refractivity contribution in [1.82, 2.24) is 15.0 Å². The Bertz CT molecular complexity index is 724. The zero-order valence-corrected chi connectivity index (χ0v) is 11.1. The Morgan fingerprint density at radius 1 is 1.21 bits per heavy atom. The van der Waals surface area contributed by atoms with E-state index in [0.29, 0.717) is 23.2 Å². The van der Waals surface area contributed by atoms with Gasteiger partial charge in [0.05, 0.1) is 12.1 Å². The lowest BCUT2D eigenvalue weighted by Crippen LogP contribution is -1.93. The minimum absolute atomic E-state index is 0.583. The Labute approximate surface area is 115 Å². The van der Waals surface area contributed by atoms with Crippen molar-refractivity contribution < 1.29 is 4.74 Å². The molecular weight excluding hydrogens is 262 g/mol. The zero-order valence-electron chi connectivity index (χ0n) is 10.4. The second kappa shape index (κ2) is 4.90. The topological polar surface area (TPSA) is 50.8 Å². The molecule has 19 heavy (non-hydrogen) atoms. The summed E-state index contributed by atoms with van der Waals surface area (Å²) in [6, 6.07) is 11.3. The molecule has 0 saturated carbocycles. The Balaban J connectivity index is 2.06. The monoisotopic (exact) mass is 273 g/mol. The number of aromatic nitrogens is 3. The molecule has 0 saturated heterocycles. The van der Waals surface area contributed by atoms with E-state index in [1.807, 2.05) is 43.3 Å². The van der Waals surface area contributed by atoms with Crippen molar-refractivity contribution in [3.8, 4) is 17.3 Å². The minimum atomic E-state index is 0.583. The van der Waals surface area contributed by atoms with Crippen molar-refractivity contribution >= 4 is 22.8 Å². The molecule has 96 valence electrons. The molecule has 0 amide bonds. The van der Waals surface area contributed by atoms with E-state index >= 15 is 0 Å². The number of fused-ring (bicyclic) bond motifs is 1. The van der Waals surface area contributed by atoms with E-state index < -0.39 is 0 Å². The smallest absolute Gasteiger partial charge is 0.215 e. The summed E-state index contributed by atoms with van der Waals surface area (Å²) in [4.78, 5) is 12.0. The van der Waals surface area contributed by atoms with E-state index in [9.17, 15) is 0 Å². The predicted molar refractivity (Wildman–Crippen MR) is 75.5 cm³/mol. The Kier molecular flexibility index (Phi) is 3.09. The molecule has 0 fully saturated rings. The maximum atomic E-state index is 5.98. The van der Waals surface area contributed by atoms with Crippen LogP contribution in [0.3, 0.4) is 0 Å². The fraction of sp³-hybridized carbons (Fsp3) is 0.143. The number of benzene rings is 1. The molecule has 5 heteroatoms. The summed E-state index contributed by atoms with van der Waals surface area (Å²) in [7, 11) is 0. The standard InChI is InChI=1S/C14H12ClN3O/c1-2-19-12-7-6-11-14(17-12)18-13(16-11)9-4-3-5-10(15)8-9/h3-8H,2H2,1H3,(H,16,17,18). The van der Waals surface area contributed by atoms with Gasteiger partial charge in [-0.1, -0.05) is 23.7 Å². The summed E-state index contributed by atoms with van der Waals surface area (Å²) in [6.07, 6.45) is 0. The molecule has 0 aliphatic heterocycles. The lowest BCUT2D eigenvalue weighted by molar-refractivity contribution is 0.328. The first-order valence-electron chi connectivity index (χ1n) is 6.02. The molecule has 1 N–H and O–H groups in total. The van der Waals surface area contributed by atoms with E-state index in [0.717, 1.165) is 16.9 Å². The van der Waals surface area contributed by atoms with Crippen LogP contribution in [0.2, 0.25) is 5.02 Å². The van der Waals surface area contributed by atoms with Gasteiger partial charge in [-0.05, 0) is 25.1 Å². The third kappa shape index (κ3) is 2.39. The highest BCUT2D eigenvalue weighted by Gasteiger charge is 2.07. The Morgan fingerprint density at radius 2 is 2.11 bits per heavy atom. The quantitative estimate of drug-likeness (QED) is 0.792. The van der Waals surface area contributed by atoms with Gasteiger partial charge in [0.2, 0.25) is 5.88 Å². The van der Waals surface area contributed by atoms with Gasteiger partial charge in [0, 0.05) is 16.7 Å². The molecule has 0 bridgehead atoms. The first kappa shape index (κ1) is 12.0. The number of rotatable bonds is 3. The third-order valence-electron chi connectivity index (χ3n) is 2.71. The third-order valence-corrected chi connectivity index (χ3v) is 2.95. The van der Waals surface area contributed by atoms with E-state index in [2.05, 4.69) is 15.0 Å². The number of aromatic amines is 1. The lowest BCUT2D eigenvalue weighted by Gasteiger charge is -1.99. The van der Waals surface area contributed by atoms with Gasteiger partial charge in [0.15, 0.2) is 5.65 Å². The van der Waals surface area contributed by atoms with Crippen LogP contribution < -0.4 is 4.74 Å². The number of hydrogen-bond acceptors (Lipinski definition) is 3. The van der Waals surface area contributed by atoms with E-state index in [1.165, 1.54) is 0 Å². The summed E-state index contributed by atoms with van der Waals surface area (Å²) < 4.78 is 5.36. The van der Waals surface area contributed by atoms with Crippen molar-refractivity contribution in [2.24, 2.45) is 0 Å². The van der Waals surface area contributed by atoms with Gasteiger partial charge < -0.3 is 9.72 Å². The summed E-state index contributed by atoms with van der Waals surface area (Å²) in [6.45, 7) is 2.51. The number of ether oxygens (including phenoxy) is 1. The van der Waals surface area contributed by atoms with Gasteiger partial charge in [-0.25, -0.2) is 4.98 Å². The van der Waals surface area contributed by atoms with Crippen LogP contribution in [0.5, 0.6) is 5.88 Å². The summed E-state index contributed by atoms with van der Waals surface area (Å²) in [5.41, 5.74) is 2.45. The number of imidazole rings is 1. The van der Waals surface area contributed by atoms with Crippen LogP contribution in [-0.4, -0.2) is 21.6 Å². The first-order valence-corrected chi connectivity index (χ1v) is 6.39. The van der Waals surface area contributed by atoms with Crippen molar-refractivity contribution in [2.45, 2.75) is 6.92 Å². The Morgan fingerprint density at radius 3 is 2.89 bits per heavy atom. The molecule has 0 unspecified atom stereocenters. The van der Waals surface area contributed by atoms with Gasteiger partial charge in [-0.3, -0.25) is 0 Å². The predicted octanol–water partition coefficient (Wildman–Crippen LogP) is 3.68. The van der Waals surface area contributed by atoms with Crippen molar-refractivity contribution in [2.75, 3.05) is 6.61 Å². The molecule has 0 aliphatic carbocycles. The molecule has 3 aromatic rings. The van der Waals surface area contributed by atoms with Crippen LogP contribution in [0.15, 0.2) is 36.4 Å². The fourth-order valence-electron chi connectivity index (χ4n) is 1.88. The summed E-state index contributed by atoms with van der Waals surface area (Å²) >= 11 is 5.98. The second-order valence-electron chi connectivity index (χ2n) is 4.05. The fourth-order valence-corrected chi connectivity index (χ4v) is 2.07. The van der Waals surface area contributed by atoms with Gasteiger partial charge in [-0.2, -0.15) is 4.98 Å². The first-order chi connectivity index (χ1) is 9.26. The van der Waals surface area contributed by atoms with Crippen LogP contribution in [0, 0.1) is 0 Å². The normalized spacial score (nSPS) is 10.8. The molecule has 4 nitrogen and oxygen atoms in total. The maximum Gasteiger partial charge on any atom is 0.215 e. The number of halogens is 1. The SMILES string of the molecule is CCOc1ccc2[nH]c(-c3cccc(Cl)c3)nc2n1. The van der Waals surface area contributed by atoms with E-state index in [4.69, 9.17) is 16.3 Å². The highest BCUT2D eigenvalue weighted by atomic mass is 35.5. The Hall–Kier alpha value is -2.07. The molecule has 2 heterocycles. The zero-order chi connectivity index (χ0) is 13.2.